The lowest BCUT2D eigenvalue weighted by Crippen LogP contribution is -2.42. The number of fused-ring (bicyclic) bond motifs is 1. The number of aromatic nitrogens is 2. The first-order valence-electron chi connectivity index (χ1n) is 8.59. The van der Waals surface area contributed by atoms with Gasteiger partial charge in [-0.1, -0.05) is 42.5 Å². The average molecular weight is 321 g/mol. The summed E-state index contributed by atoms with van der Waals surface area (Å²) in [5.41, 5.74) is 3.37. The number of nitrogens with one attached hydrogen (secondary N) is 1. The number of nitrogens with zero attached hydrogens (tertiary/aromatic N) is 2. The highest BCUT2D eigenvalue weighted by molar-refractivity contribution is 5.83. The van der Waals surface area contributed by atoms with E-state index in [1.165, 1.54) is 16.3 Å². The number of piperidine rings is 1. The Labute approximate surface area is 142 Å². The number of likely N-dealkylation sites (tertiary alicyclic amines) is 1. The molecule has 1 saturated heterocycles. The predicted octanol–water partition coefficient (Wildman–Crippen LogP) is 3.22. The highest BCUT2D eigenvalue weighted by Crippen LogP contribution is 2.31. The van der Waals surface area contributed by atoms with Crippen LogP contribution in [-0.2, 0) is 6.54 Å². The molecule has 0 bridgehead atoms. The molecule has 0 unspecified atom stereocenters. The van der Waals surface area contributed by atoms with E-state index in [1.54, 1.807) is 0 Å². The first kappa shape index (κ1) is 15.4. The zero-order valence-electron chi connectivity index (χ0n) is 13.9. The Morgan fingerprint density at radius 3 is 2.75 bits per heavy atom. The summed E-state index contributed by atoms with van der Waals surface area (Å²) in [5, 5.41) is 20.5. The van der Waals surface area contributed by atoms with E-state index in [1.807, 2.05) is 6.92 Å². The van der Waals surface area contributed by atoms with Crippen LogP contribution in [0.3, 0.4) is 0 Å². The number of aliphatic hydroxyl groups excluding tert-OH is 1. The normalized spacial score (nSPS) is 22.1. The molecule has 0 aliphatic carbocycles. The fraction of sp³-hybridized carbons (Fsp3) is 0.350. The minimum atomic E-state index is -0.333. The first-order chi connectivity index (χ1) is 11.7. The Morgan fingerprint density at radius 1 is 1.17 bits per heavy atom. The van der Waals surface area contributed by atoms with Gasteiger partial charge in [0.15, 0.2) is 0 Å². The van der Waals surface area contributed by atoms with E-state index in [0.29, 0.717) is 6.54 Å². The molecular formula is C20H23N3O. The third-order valence-corrected chi connectivity index (χ3v) is 5.01. The molecule has 2 aromatic carbocycles. The van der Waals surface area contributed by atoms with Crippen LogP contribution in [0.5, 0.6) is 0 Å². The van der Waals surface area contributed by atoms with Crippen LogP contribution < -0.4 is 0 Å². The standard InChI is InChI=1S/C20H23N3O/c1-14-10-18(22-21-14)12-23-9-8-19(20(24)13-23)17-7-6-15-4-2-3-5-16(15)11-17/h2-7,10-11,19-20,24H,8-9,12-13H2,1H3,(H,21,22)/t19-,20+/m0/s1. The van der Waals surface area contributed by atoms with Gasteiger partial charge in [0.1, 0.15) is 0 Å². The number of hydrogen-bond donors (Lipinski definition) is 2. The highest BCUT2D eigenvalue weighted by atomic mass is 16.3. The Balaban J connectivity index is 1.47. The molecule has 4 heteroatoms. The number of hydrogen-bond acceptors (Lipinski definition) is 3. The fourth-order valence-corrected chi connectivity index (χ4v) is 3.75. The van der Waals surface area contributed by atoms with Crippen molar-refractivity contribution in [2.24, 2.45) is 0 Å². The molecule has 4 rings (SSSR count). The molecule has 0 saturated carbocycles. The zero-order valence-corrected chi connectivity index (χ0v) is 13.9. The molecule has 0 amide bonds. The third-order valence-electron chi connectivity index (χ3n) is 5.01. The van der Waals surface area contributed by atoms with Crippen molar-refractivity contribution in [3.05, 3.63) is 65.5 Å². The highest BCUT2D eigenvalue weighted by Gasteiger charge is 2.29. The van der Waals surface area contributed by atoms with Crippen molar-refractivity contribution in [2.75, 3.05) is 13.1 Å². The summed E-state index contributed by atoms with van der Waals surface area (Å²) in [7, 11) is 0. The summed E-state index contributed by atoms with van der Waals surface area (Å²) >= 11 is 0. The number of rotatable bonds is 3. The Kier molecular flexibility index (Phi) is 4.08. The molecule has 0 radical (unpaired) electrons. The van der Waals surface area contributed by atoms with E-state index in [9.17, 15) is 5.11 Å². The Bertz CT molecular complexity index is 842. The van der Waals surface area contributed by atoms with Gasteiger partial charge in [-0.05, 0) is 42.3 Å². The van der Waals surface area contributed by atoms with Gasteiger partial charge in [0.05, 0.1) is 11.8 Å². The molecule has 24 heavy (non-hydrogen) atoms. The molecule has 2 heterocycles. The number of H-pyrrole nitrogens is 1. The summed E-state index contributed by atoms with van der Waals surface area (Å²) in [6.45, 7) is 4.49. The van der Waals surface area contributed by atoms with Crippen molar-refractivity contribution in [1.82, 2.24) is 15.1 Å². The summed E-state index contributed by atoms with van der Waals surface area (Å²) in [4.78, 5) is 2.29. The lowest BCUT2D eigenvalue weighted by atomic mass is 9.86. The van der Waals surface area contributed by atoms with Gasteiger partial charge >= 0.3 is 0 Å². The van der Waals surface area contributed by atoms with E-state index < -0.39 is 0 Å². The fourth-order valence-electron chi connectivity index (χ4n) is 3.75. The summed E-state index contributed by atoms with van der Waals surface area (Å²) in [6.07, 6.45) is 0.642. The number of benzene rings is 2. The van der Waals surface area contributed by atoms with Gasteiger partial charge in [-0.25, -0.2) is 0 Å². The minimum Gasteiger partial charge on any atom is -0.391 e. The van der Waals surface area contributed by atoms with Crippen molar-refractivity contribution in [2.45, 2.75) is 31.9 Å². The molecule has 2 atom stereocenters. The smallest absolute Gasteiger partial charge is 0.0765 e. The second-order valence-corrected chi connectivity index (χ2v) is 6.85. The molecule has 1 fully saturated rings. The van der Waals surface area contributed by atoms with Crippen molar-refractivity contribution < 1.29 is 5.11 Å². The van der Waals surface area contributed by atoms with E-state index in [4.69, 9.17) is 0 Å². The molecule has 0 spiro atoms. The van der Waals surface area contributed by atoms with Crippen molar-refractivity contribution in [3.8, 4) is 0 Å². The number of β-amino-alcohol motifs (C(OH)–C–C–N with tert-alkyl or cyclic N) is 1. The molecule has 1 aromatic heterocycles. The molecule has 124 valence electrons. The predicted molar refractivity (Wildman–Crippen MR) is 95.9 cm³/mol. The number of aromatic amines is 1. The van der Waals surface area contributed by atoms with Gasteiger partial charge in [-0.3, -0.25) is 10.00 Å². The molecule has 4 nitrogen and oxygen atoms in total. The van der Waals surface area contributed by atoms with Crippen LogP contribution in [0.1, 0.15) is 29.3 Å². The van der Waals surface area contributed by atoms with Crippen LogP contribution in [0.4, 0.5) is 0 Å². The van der Waals surface area contributed by atoms with Gasteiger partial charge in [0.25, 0.3) is 0 Å². The zero-order chi connectivity index (χ0) is 16.5. The van der Waals surface area contributed by atoms with Crippen molar-refractivity contribution >= 4 is 10.8 Å². The van der Waals surface area contributed by atoms with Gasteiger partial charge < -0.3 is 5.11 Å². The lowest BCUT2D eigenvalue weighted by Gasteiger charge is -2.36. The SMILES string of the molecule is Cc1cc(CN2CC[C@@H](c3ccc4ccccc4c3)[C@H](O)C2)n[nH]1. The summed E-state index contributed by atoms with van der Waals surface area (Å²) in [6, 6.07) is 17.0. The van der Waals surface area contributed by atoms with Crippen LogP contribution in [-0.4, -0.2) is 39.4 Å². The average Bonchev–Trinajstić information content (AvgIpc) is 2.99. The van der Waals surface area contributed by atoms with Crippen LogP contribution in [0.15, 0.2) is 48.5 Å². The van der Waals surface area contributed by atoms with Gasteiger partial charge in [-0.2, -0.15) is 5.10 Å². The van der Waals surface area contributed by atoms with Crippen LogP contribution >= 0.6 is 0 Å². The minimum absolute atomic E-state index is 0.215. The first-order valence-corrected chi connectivity index (χ1v) is 8.59. The Morgan fingerprint density at radius 2 is 2.00 bits per heavy atom. The van der Waals surface area contributed by atoms with E-state index in [-0.39, 0.29) is 12.0 Å². The largest absolute Gasteiger partial charge is 0.391 e. The molecule has 1 aliphatic rings. The Hall–Kier alpha value is -2.17. The van der Waals surface area contributed by atoms with E-state index in [0.717, 1.165) is 30.9 Å². The summed E-state index contributed by atoms with van der Waals surface area (Å²) in [5.74, 6) is 0.215. The van der Waals surface area contributed by atoms with Gasteiger partial charge in [0, 0.05) is 24.7 Å². The second-order valence-electron chi connectivity index (χ2n) is 6.85. The third kappa shape index (κ3) is 3.07. The molecule has 2 N–H and O–H groups in total. The molecule has 1 aliphatic heterocycles. The van der Waals surface area contributed by atoms with Gasteiger partial charge in [0.2, 0.25) is 0 Å². The number of aliphatic hydroxyl groups is 1. The molecular weight excluding hydrogens is 298 g/mol. The maximum Gasteiger partial charge on any atom is 0.0765 e. The van der Waals surface area contributed by atoms with E-state index >= 15 is 0 Å². The van der Waals surface area contributed by atoms with Crippen LogP contribution in [0.25, 0.3) is 10.8 Å². The van der Waals surface area contributed by atoms with Crippen molar-refractivity contribution in [3.63, 3.8) is 0 Å². The van der Waals surface area contributed by atoms with Crippen LogP contribution in [0, 0.1) is 6.92 Å². The second kappa shape index (κ2) is 6.38. The lowest BCUT2D eigenvalue weighted by molar-refractivity contribution is 0.0471. The van der Waals surface area contributed by atoms with Crippen LogP contribution in [0.2, 0.25) is 0 Å². The maximum absolute atomic E-state index is 10.7. The van der Waals surface area contributed by atoms with Crippen molar-refractivity contribution in [1.29, 1.82) is 0 Å². The molecule has 3 aromatic rings. The van der Waals surface area contributed by atoms with E-state index in [2.05, 4.69) is 63.6 Å². The van der Waals surface area contributed by atoms with Gasteiger partial charge in [-0.15, -0.1) is 0 Å². The number of aryl methyl sites for hydroxylation is 1. The topological polar surface area (TPSA) is 52.1 Å². The monoisotopic (exact) mass is 321 g/mol. The summed E-state index contributed by atoms with van der Waals surface area (Å²) < 4.78 is 0. The maximum atomic E-state index is 10.7. The quantitative estimate of drug-likeness (QED) is 0.779.